The molecular formula is C14H14F2N2O2. The van der Waals surface area contributed by atoms with Gasteiger partial charge in [0.2, 0.25) is 5.76 Å². The predicted octanol–water partition coefficient (Wildman–Crippen LogP) is 3.64. The van der Waals surface area contributed by atoms with Gasteiger partial charge in [-0.2, -0.15) is 0 Å². The Morgan fingerprint density at radius 3 is 2.45 bits per heavy atom. The van der Waals surface area contributed by atoms with Crippen LogP contribution in [0.25, 0.3) is 0 Å². The minimum Gasteiger partial charge on any atom is -0.436 e. The molecule has 0 fully saturated rings. The SMILES string of the molecule is Cc1nc(C(C)C)c(C(=O)Nc2c(F)cccc2F)o1. The Kier molecular flexibility index (Phi) is 3.83. The van der Waals surface area contributed by atoms with Crippen LogP contribution in [0.1, 0.15) is 41.9 Å². The van der Waals surface area contributed by atoms with Gasteiger partial charge in [-0.3, -0.25) is 4.79 Å². The fourth-order valence-corrected chi connectivity index (χ4v) is 1.78. The Labute approximate surface area is 114 Å². The third kappa shape index (κ3) is 2.68. The molecule has 6 heteroatoms. The number of benzene rings is 1. The first-order valence-corrected chi connectivity index (χ1v) is 6.12. The van der Waals surface area contributed by atoms with Gasteiger partial charge in [-0.05, 0) is 18.1 Å². The first-order valence-electron chi connectivity index (χ1n) is 6.12. The summed E-state index contributed by atoms with van der Waals surface area (Å²) < 4.78 is 32.2. The van der Waals surface area contributed by atoms with E-state index in [1.165, 1.54) is 6.07 Å². The van der Waals surface area contributed by atoms with E-state index in [9.17, 15) is 13.6 Å². The molecular weight excluding hydrogens is 266 g/mol. The molecule has 0 aliphatic heterocycles. The van der Waals surface area contributed by atoms with E-state index >= 15 is 0 Å². The predicted molar refractivity (Wildman–Crippen MR) is 69.6 cm³/mol. The summed E-state index contributed by atoms with van der Waals surface area (Å²) in [5.41, 5.74) is -0.0435. The molecule has 0 aliphatic rings. The van der Waals surface area contributed by atoms with Crippen molar-refractivity contribution < 1.29 is 18.0 Å². The molecule has 0 saturated heterocycles. The smallest absolute Gasteiger partial charge is 0.293 e. The van der Waals surface area contributed by atoms with Crippen molar-refractivity contribution in [3.05, 3.63) is 47.2 Å². The Hall–Kier alpha value is -2.24. The number of aryl methyl sites for hydroxylation is 1. The fraction of sp³-hybridized carbons (Fsp3) is 0.286. The number of nitrogens with one attached hydrogen (secondary N) is 1. The van der Waals surface area contributed by atoms with E-state index in [1.54, 1.807) is 6.92 Å². The Morgan fingerprint density at radius 1 is 1.30 bits per heavy atom. The molecule has 20 heavy (non-hydrogen) atoms. The number of hydrogen-bond donors (Lipinski definition) is 1. The van der Waals surface area contributed by atoms with Gasteiger partial charge in [-0.15, -0.1) is 0 Å². The van der Waals surface area contributed by atoms with Gasteiger partial charge in [-0.25, -0.2) is 13.8 Å². The molecule has 4 nitrogen and oxygen atoms in total. The number of carbonyl (C=O) groups excluding carboxylic acids is 1. The lowest BCUT2D eigenvalue weighted by molar-refractivity contribution is 0.0992. The number of nitrogens with zero attached hydrogens (tertiary/aromatic N) is 1. The van der Waals surface area contributed by atoms with E-state index in [0.717, 1.165) is 12.1 Å². The van der Waals surface area contributed by atoms with Crippen LogP contribution in [-0.2, 0) is 0 Å². The summed E-state index contributed by atoms with van der Waals surface area (Å²) in [6.07, 6.45) is 0. The van der Waals surface area contributed by atoms with E-state index in [2.05, 4.69) is 10.3 Å². The summed E-state index contributed by atoms with van der Waals surface area (Å²) in [4.78, 5) is 16.2. The van der Waals surface area contributed by atoms with Crippen LogP contribution in [0.2, 0.25) is 0 Å². The van der Waals surface area contributed by atoms with Gasteiger partial charge < -0.3 is 9.73 Å². The van der Waals surface area contributed by atoms with Gasteiger partial charge in [0, 0.05) is 6.92 Å². The second kappa shape index (κ2) is 5.40. The molecule has 0 aliphatic carbocycles. The average molecular weight is 280 g/mol. The zero-order chi connectivity index (χ0) is 14.9. The zero-order valence-corrected chi connectivity index (χ0v) is 11.3. The average Bonchev–Trinajstić information content (AvgIpc) is 2.76. The van der Waals surface area contributed by atoms with Gasteiger partial charge >= 0.3 is 0 Å². The van der Waals surface area contributed by atoms with Gasteiger partial charge in [0.05, 0.1) is 5.69 Å². The molecule has 2 aromatic rings. The molecule has 0 bridgehead atoms. The van der Waals surface area contributed by atoms with E-state index in [1.807, 2.05) is 13.8 Å². The third-order valence-corrected chi connectivity index (χ3v) is 2.71. The molecule has 0 saturated carbocycles. The molecule has 1 aromatic carbocycles. The van der Waals surface area contributed by atoms with Crippen LogP contribution in [0.3, 0.4) is 0 Å². The summed E-state index contributed by atoms with van der Waals surface area (Å²) in [5.74, 6) is -2.16. The summed E-state index contributed by atoms with van der Waals surface area (Å²) in [7, 11) is 0. The number of aromatic nitrogens is 1. The number of para-hydroxylation sites is 1. The molecule has 0 atom stereocenters. The molecule has 106 valence electrons. The van der Waals surface area contributed by atoms with Crippen molar-refractivity contribution >= 4 is 11.6 Å². The summed E-state index contributed by atoms with van der Waals surface area (Å²) in [6, 6.07) is 3.35. The Bertz CT molecular complexity index is 630. The van der Waals surface area contributed by atoms with Crippen LogP contribution in [0.4, 0.5) is 14.5 Å². The highest BCUT2D eigenvalue weighted by Gasteiger charge is 2.23. The number of amides is 1. The number of halogens is 2. The van der Waals surface area contributed by atoms with Crippen LogP contribution >= 0.6 is 0 Å². The fourth-order valence-electron chi connectivity index (χ4n) is 1.78. The van der Waals surface area contributed by atoms with Crippen LogP contribution in [-0.4, -0.2) is 10.9 Å². The number of carbonyl (C=O) groups is 1. The number of anilines is 1. The van der Waals surface area contributed by atoms with Gasteiger partial charge in [0.1, 0.15) is 17.3 Å². The van der Waals surface area contributed by atoms with Crippen molar-refractivity contribution in [2.45, 2.75) is 26.7 Å². The first-order chi connectivity index (χ1) is 9.40. The van der Waals surface area contributed by atoms with Crippen molar-refractivity contribution in [2.24, 2.45) is 0 Å². The van der Waals surface area contributed by atoms with Gasteiger partial charge in [0.25, 0.3) is 5.91 Å². The second-order valence-electron chi connectivity index (χ2n) is 4.65. The number of rotatable bonds is 3. The zero-order valence-electron chi connectivity index (χ0n) is 11.3. The lowest BCUT2D eigenvalue weighted by Crippen LogP contribution is -2.15. The molecule has 1 amide bonds. The maximum Gasteiger partial charge on any atom is 0.293 e. The second-order valence-corrected chi connectivity index (χ2v) is 4.65. The number of hydrogen-bond acceptors (Lipinski definition) is 3. The molecule has 0 unspecified atom stereocenters. The van der Waals surface area contributed by atoms with Crippen LogP contribution in [0, 0.1) is 18.6 Å². The Morgan fingerprint density at radius 2 is 1.90 bits per heavy atom. The standard InChI is InChI=1S/C14H14F2N2O2/c1-7(2)11-13(20-8(3)17-11)14(19)18-12-9(15)5-4-6-10(12)16/h4-7H,1-3H3,(H,18,19). The van der Waals surface area contributed by atoms with Gasteiger partial charge in [-0.1, -0.05) is 19.9 Å². The normalized spacial score (nSPS) is 10.9. The summed E-state index contributed by atoms with van der Waals surface area (Å²) in [5, 5.41) is 2.18. The van der Waals surface area contributed by atoms with Crippen LogP contribution < -0.4 is 5.32 Å². The maximum absolute atomic E-state index is 13.5. The van der Waals surface area contributed by atoms with E-state index in [-0.39, 0.29) is 11.7 Å². The maximum atomic E-state index is 13.5. The lowest BCUT2D eigenvalue weighted by Gasteiger charge is -2.07. The third-order valence-electron chi connectivity index (χ3n) is 2.71. The van der Waals surface area contributed by atoms with Crippen molar-refractivity contribution in [2.75, 3.05) is 5.32 Å². The van der Waals surface area contributed by atoms with Crippen LogP contribution in [0.5, 0.6) is 0 Å². The van der Waals surface area contributed by atoms with Gasteiger partial charge in [0.15, 0.2) is 5.89 Å². The van der Waals surface area contributed by atoms with Crippen molar-refractivity contribution in [1.29, 1.82) is 0 Å². The molecule has 1 N–H and O–H groups in total. The summed E-state index contributed by atoms with van der Waals surface area (Å²) >= 11 is 0. The van der Waals surface area contributed by atoms with Crippen molar-refractivity contribution in [3.8, 4) is 0 Å². The number of oxazole rings is 1. The van der Waals surface area contributed by atoms with E-state index in [0.29, 0.717) is 11.6 Å². The van der Waals surface area contributed by atoms with E-state index in [4.69, 9.17) is 4.42 Å². The molecule has 1 heterocycles. The van der Waals surface area contributed by atoms with Crippen molar-refractivity contribution in [1.82, 2.24) is 4.98 Å². The topological polar surface area (TPSA) is 55.1 Å². The highest BCUT2D eigenvalue weighted by atomic mass is 19.1. The Balaban J connectivity index is 2.34. The van der Waals surface area contributed by atoms with Crippen LogP contribution in [0.15, 0.2) is 22.6 Å². The summed E-state index contributed by atoms with van der Waals surface area (Å²) in [6.45, 7) is 5.29. The molecule has 0 radical (unpaired) electrons. The lowest BCUT2D eigenvalue weighted by atomic mass is 10.1. The largest absolute Gasteiger partial charge is 0.436 e. The molecule has 0 spiro atoms. The minimum absolute atomic E-state index is 0.0276. The molecule has 2 rings (SSSR count). The first kappa shape index (κ1) is 14.2. The highest BCUT2D eigenvalue weighted by Crippen LogP contribution is 2.23. The minimum atomic E-state index is -0.847. The monoisotopic (exact) mass is 280 g/mol. The quantitative estimate of drug-likeness (QED) is 0.933. The molecule has 1 aromatic heterocycles. The van der Waals surface area contributed by atoms with E-state index < -0.39 is 23.2 Å². The van der Waals surface area contributed by atoms with Crippen molar-refractivity contribution in [3.63, 3.8) is 0 Å². The highest BCUT2D eigenvalue weighted by molar-refractivity contribution is 6.03.